The zero-order valence-electron chi connectivity index (χ0n) is 16.7. The maximum absolute atomic E-state index is 12.6. The summed E-state index contributed by atoms with van der Waals surface area (Å²) in [5.41, 5.74) is 2.38. The van der Waals surface area contributed by atoms with Gasteiger partial charge in [0.15, 0.2) is 0 Å². The number of amides is 3. The molecule has 3 rings (SSSR count). The second-order valence-electron chi connectivity index (χ2n) is 7.60. The van der Waals surface area contributed by atoms with Crippen molar-refractivity contribution in [3.8, 4) is 0 Å². The molecule has 3 amide bonds. The highest BCUT2D eigenvalue weighted by atomic mass is 16.2. The minimum absolute atomic E-state index is 0.212. The van der Waals surface area contributed by atoms with Gasteiger partial charge >= 0.3 is 6.03 Å². The van der Waals surface area contributed by atoms with Crippen LogP contribution in [-0.2, 0) is 16.9 Å². The molecule has 148 valence electrons. The first-order chi connectivity index (χ1) is 13.5. The minimum atomic E-state index is -0.441. The molecule has 0 bridgehead atoms. The molecule has 1 heterocycles. The third-order valence-electron chi connectivity index (χ3n) is 5.49. The van der Waals surface area contributed by atoms with E-state index in [0.717, 1.165) is 42.6 Å². The number of nitrogens with zero attached hydrogens (tertiary/aromatic N) is 1. The van der Waals surface area contributed by atoms with Crippen molar-refractivity contribution in [2.24, 2.45) is 0 Å². The molecule has 2 aromatic carbocycles. The molecule has 28 heavy (non-hydrogen) atoms. The smallest absolute Gasteiger partial charge is 0.319 e. The Balaban J connectivity index is 1.64. The van der Waals surface area contributed by atoms with Gasteiger partial charge in [0.25, 0.3) is 0 Å². The van der Waals surface area contributed by atoms with E-state index in [0.29, 0.717) is 13.0 Å². The fourth-order valence-electron chi connectivity index (χ4n) is 3.58. The lowest BCUT2D eigenvalue weighted by atomic mass is 9.89. The Morgan fingerprint density at radius 1 is 1.11 bits per heavy atom. The van der Waals surface area contributed by atoms with Gasteiger partial charge in [-0.05, 0) is 49.4 Å². The fraction of sp³-hybridized carbons (Fsp3) is 0.391. The molecule has 0 aliphatic carbocycles. The highest BCUT2D eigenvalue weighted by Crippen LogP contribution is 2.24. The fourth-order valence-corrected chi connectivity index (χ4v) is 3.58. The first-order valence-corrected chi connectivity index (χ1v) is 10.0. The molecule has 5 nitrogen and oxygen atoms in total. The van der Waals surface area contributed by atoms with E-state index in [9.17, 15) is 9.59 Å². The van der Waals surface area contributed by atoms with E-state index in [4.69, 9.17) is 0 Å². The van der Waals surface area contributed by atoms with Crippen molar-refractivity contribution < 1.29 is 9.59 Å². The first kappa shape index (κ1) is 19.9. The number of carbonyl (C=O) groups excluding carboxylic acids is 2. The Bertz CT molecular complexity index is 822. The number of carbonyl (C=O) groups is 2. The maximum atomic E-state index is 12.6. The lowest BCUT2D eigenvalue weighted by Gasteiger charge is -2.30. The van der Waals surface area contributed by atoms with Gasteiger partial charge in [0.2, 0.25) is 5.91 Å². The molecule has 0 radical (unpaired) electrons. The molecule has 1 fully saturated rings. The van der Waals surface area contributed by atoms with Crippen molar-refractivity contribution in [3.63, 3.8) is 0 Å². The SMILES string of the molecule is CCC(C)(NC(=O)Nc1cccc(CN2CCCCC2=O)c1)c1ccccc1. The summed E-state index contributed by atoms with van der Waals surface area (Å²) in [5, 5.41) is 6.04. The van der Waals surface area contributed by atoms with Crippen LogP contribution in [0.25, 0.3) is 0 Å². The van der Waals surface area contributed by atoms with Crippen LogP contribution < -0.4 is 10.6 Å². The van der Waals surface area contributed by atoms with Crippen LogP contribution in [0.4, 0.5) is 10.5 Å². The monoisotopic (exact) mass is 379 g/mol. The number of hydrogen-bond acceptors (Lipinski definition) is 2. The molecule has 1 unspecified atom stereocenters. The Morgan fingerprint density at radius 3 is 2.61 bits per heavy atom. The standard InChI is InChI=1S/C23H29N3O2/c1-3-23(2,19-11-5-4-6-12-19)25-22(28)24-20-13-9-10-18(16-20)17-26-15-8-7-14-21(26)27/h4-6,9-13,16H,3,7-8,14-15,17H2,1-2H3,(H2,24,25,28). The van der Waals surface area contributed by atoms with Gasteiger partial charge in [-0.2, -0.15) is 0 Å². The number of benzene rings is 2. The topological polar surface area (TPSA) is 61.4 Å². The summed E-state index contributed by atoms with van der Waals surface area (Å²) < 4.78 is 0. The molecule has 2 N–H and O–H groups in total. The predicted octanol–water partition coefficient (Wildman–Crippen LogP) is 4.65. The van der Waals surface area contributed by atoms with E-state index in [1.165, 1.54) is 0 Å². The molecule has 0 spiro atoms. The van der Waals surface area contributed by atoms with Crippen molar-refractivity contribution in [1.29, 1.82) is 0 Å². The summed E-state index contributed by atoms with van der Waals surface area (Å²) in [6.07, 6.45) is 3.45. The summed E-state index contributed by atoms with van der Waals surface area (Å²) in [6, 6.07) is 17.5. The molecule has 5 heteroatoms. The van der Waals surface area contributed by atoms with Gasteiger partial charge in [-0.25, -0.2) is 4.79 Å². The van der Waals surface area contributed by atoms with Gasteiger partial charge in [-0.3, -0.25) is 4.79 Å². The van der Waals surface area contributed by atoms with E-state index < -0.39 is 5.54 Å². The van der Waals surface area contributed by atoms with Crippen LogP contribution >= 0.6 is 0 Å². The van der Waals surface area contributed by atoms with Crippen LogP contribution in [0, 0.1) is 0 Å². The maximum Gasteiger partial charge on any atom is 0.319 e. The largest absolute Gasteiger partial charge is 0.338 e. The summed E-state index contributed by atoms with van der Waals surface area (Å²) in [4.78, 5) is 26.6. The average molecular weight is 380 g/mol. The highest BCUT2D eigenvalue weighted by molar-refractivity contribution is 5.90. The third kappa shape index (κ3) is 4.91. The van der Waals surface area contributed by atoms with Crippen LogP contribution in [-0.4, -0.2) is 23.4 Å². The van der Waals surface area contributed by atoms with Crippen molar-refractivity contribution in [2.45, 2.75) is 51.6 Å². The van der Waals surface area contributed by atoms with Gasteiger partial charge in [0, 0.05) is 25.2 Å². The lowest BCUT2D eigenvalue weighted by molar-refractivity contribution is -0.133. The molecular formula is C23H29N3O2. The van der Waals surface area contributed by atoms with E-state index in [-0.39, 0.29) is 11.9 Å². The Morgan fingerprint density at radius 2 is 1.89 bits per heavy atom. The Hall–Kier alpha value is -2.82. The normalized spacial score (nSPS) is 16.4. The second-order valence-corrected chi connectivity index (χ2v) is 7.60. The molecule has 1 aliphatic heterocycles. The number of likely N-dealkylation sites (tertiary alicyclic amines) is 1. The molecule has 1 atom stereocenters. The van der Waals surface area contributed by atoms with Gasteiger partial charge in [0.1, 0.15) is 0 Å². The van der Waals surface area contributed by atoms with E-state index in [1.54, 1.807) is 0 Å². The molecule has 2 aromatic rings. The van der Waals surface area contributed by atoms with E-state index >= 15 is 0 Å². The van der Waals surface area contributed by atoms with Crippen molar-refractivity contribution in [1.82, 2.24) is 10.2 Å². The molecular weight excluding hydrogens is 350 g/mol. The van der Waals surface area contributed by atoms with Crippen LogP contribution in [0.1, 0.15) is 50.7 Å². The second kappa shape index (κ2) is 8.91. The van der Waals surface area contributed by atoms with Crippen LogP contribution in [0.2, 0.25) is 0 Å². The quantitative estimate of drug-likeness (QED) is 0.768. The average Bonchev–Trinajstić information content (AvgIpc) is 2.70. The first-order valence-electron chi connectivity index (χ1n) is 10.0. The van der Waals surface area contributed by atoms with E-state index in [1.807, 2.05) is 66.4 Å². The number of urea groups is 1. The predicted molar refractivity (Wildman–Crippen MR) is 112 cm³/mol. The Labute approximate surface area is 167 Å². The van der Waals surface area contributed by atoms with Gasteiger partial charge < -0.3 is 15.5 Å². The van der Waals surface area contributed by atoms with Crippen molar-refractivity contribution in [2.75, 3.05) is 11.9 Å². The number of anilines is 1. The van der Waals surface area contributed by atoms with Crippen LogP contribution in [0.15, 0.2) is 54.6 Å². The summed E-state index contributed by atoms with van der Waals surface area (Å²) in [5.74, 6) is 0.212. The minimum Gasteiger partial charge on any atom is -0.338 e. The van der Waals surface area contributed by atoms with Gasteiger partial charge in [-0.15, -0.1) is 0 Å². The van der Waals surface area contributed by atoms with E-state index in [2.05, 4.69) is 17.6 Å². The number of piperidine rings is 1. The Kier molecular flexibility index (Phi) is 6.34. The van der Waals surface area contributed by atoms with Gasteiger partial charge in [-0.1, -0.05) is 49.4 Å². The summed E-state index contributed by atoms with van der Waals surface area (Å²) >= 11 is 0. The van der Waals surface area contributed by atoms with Crippen LogP contribution in [0.5, 0.6) is 0 Å². The third-order valence-corrected chi connectivity index (χ3v) is 5.49. The molecule has 0 saturated carbocycles. The number of hydrogen-bond donors (Lipinski definition) is 2. The summed E-state index contributed by atoms with van der Waals surface area (Å²) in [7, 11) is 0. The highest BCUT2D eigenvalue weighted by Gasteiger charge is 2.26. The van der Waals surface area contributed by atoms with Crippen LogP contribution in [0.3, 0.4) is 0 Å². The number of rotatable bonds is 6. The molecule has 1 aliphatic rings. The molecule has 1 saturated heterocycles. The van der Waals surface area contributed by atoms with Crippen molar-refractivity contribution in [3.05, 3.63) is 65.7 Å². The zero-order chi connectivity index (χ0) is 20.0. The zero-order valence-corrected chi connectivity index (χ0v) is 16.7. The summed E-state index contributed by atoms with van der Waals surface area (Å²) in [6.45, 7) is 5.49. The van der Waals surface area contributed by atoms with Crippen molar-refractivity contribution >= 4 is 17.6 Å². The number of nitrogens with one attached hydrogen (secondary N) is 2. The van der Waals surface area contributed by atoms with Gasteiger partial charge in [0.05, 0.1) is 5.54 Å². The molecule has 0 aromatic heterocycles. The lowest BCUT2D eigenvalue weighted by Crippen LogP contribution is -2.45.